The predicted octanol–water partition coefficient (Wildman–Crippen LogP) is 2.95. The van der Waals surface area contributed by atoms with Crippen LogP contribution in [0.1, 0.15) is 40.0 Å². The SMILES string of the molecule is C=C1CC[C@@H](OC(N)=O)[C@@H](OC)[C@@H]1[C@@]1(C)O[C@@H]1CC=C(C)C. The van der Waals surface area contributed by atoms with Gasteiger partial charge in [-0.15, -0.1) is 0 Å². The molecule has 1 amide bonds. The summed E-state index contributed by atoms with van der Waals surface area (Å²) in [6, 6.07) is 0. The van der Waals surface area contributed by atoms with E-state index in [1.54, 1.807) is 7.11 Å². The molecule has 0 aromatic rings. The van der Waals surface area contributed by atoms with Crippen molar-refractivity contribution >= 4 is 6.09 Å². The molecule has 5 atom stereocenters. The summed E-state index contributed by atoms with van der Waals surface area (Å²) in [6.45, 7) is 10.4. The second kappa shape index (κ2) is 6.42. The monoisotopic (exact) mass is 309 g/mol. The van der Waals surface area contributed by atoms with Gasteiger partial charge in [0.1, 0.15) is 17.8 Å². The first-order valence-corrected chi connectivity index (χ1v) is 7.77. The largest absolute Gasteiger partial charge is 0.444 e. The number of hydrogen-bond acceptors (Lipinski definition) is 4. The lowest BCUT2D eigenvalue weighted by molar-refractivity contribution is -0.0720. The number of epoxide rings is 1. The highest BCUT2D eigenvalue weighted by Gasteiger charge is 2.61. The minimum absolute atomic E-state index is 0.00571. The smallest absolute Gasteiger partial charge is 0.404 e. The maximum atomic E-state index is 11.1. The van der Waals surface area contributed by atoms with Crippen molar-refractivity contribution in [1.29, 1.82) is 0 Å². The lowest BCUT2D eigenvalue weighted by atomic mass is 9.72. The van der Waals surface area contributed by atoms with Crippen LogP contribution < -0.4 is 5.73 Å². The van der Waals surface area contributed by atoms with Gasteiger partial charge in [0, 0.05) is 13.0 Å². The maximum Gasteiger partial charge on any atom is 0.404 e. The molecular weight excluding hydrogens is 282 g/mol. The van der Waals surface area contributed by atoms with Crippen molar-refractivity contribution in [2.24, 2.45) is 11.7 Å². The van der Waals surface area contributed by atoms with Crippen molar-refractivity contribution < 1.29 is 19.0 Å². The van der Waals surface area contributed by atoms with Gasteiger partial charge in [0.25, 0.3) is 0 Å². The number of hydrogen-bond donors (Lipinski definition) is 1. The summed E-state index contributed by atoms with van der Waals surface area (Å²) < 4.78 is 16.9. The van der Waals surface area contributed by atoms with E-state index in [-0.39, 0.29) is 29.8 Å². The highest BCUT2D eigenvalue weighted by Crippen LogP contribution is 2.52. The van der Waals surface area contributed by atoms with Crippen molar-refractivity contribution in [3.8, 4) is 0 Å². The lowest BCUT2D eigenvalue weighted by Gasteiger charge is -2.40. The topological polar surface area (TPSA) is 74.1 Å². The summed E-state index contributed by atoms with van der Waals surface area (Å²) in [5.74, 6) is 0.00571. The first-order chi connectivity index (χ1) is 10.3. The van der Waals surface area contributed by atoms with E-state index in [9.17, 15) is 4.79 Å². The number of allylic oxidation sites excluding steroid dienone is 1. The first-order valence-electron chi connectivity index (χ1n) is 7.77. The van der Waals surface area contributed by atoms with Crippen LogP contribution in [0.15, 0.2) is 23.8 Å². The molecule has 5 nitrogen and oxygen atoms in total. The number of ether oxygens (including phenoxy) is 3. The predicted molar refractivity (Wildman–Crippen MR) is 84.4 cm³/mol. The Labute approximate surface area is 132 Å². The Morgan fingerprint density at radius 1 is 1.55 bits per heavy atom. The van der Waals surface area contributed by atoms with E-state index < -0.39 is 6.09 Å². The third kappa shape index (κ3) is 3.36. The van der Waals surface area contributed by atoms with Gasteiger partial charge in [-0.25, -0.2) is 4.79 Å². The minimum Gasteiger partial charge on any atom is -0.444 e. The molecule has 1 saturated heterocycles. The molecule has 0 aromatic heterocycles. The van der Waals surface area contributed by atoms with Gasteiger partial charge in [-0.3, -0.25) is 0 Å². The summed E-state index contributed by atoms with van der Waals surface area (Å²) in [6.07, 6.45) is 3.30. The van der Waals surface area contributed by atoms with Crippen LogP contribution in [0, 0.1) is 5.92 Å². The molecule has 1 heterocycles. The fourth-order valence-electron chi connectivity index (χ4n) is 3.56. The molecule has 2 rings (SSSR count). The standard InChI is InChI=1S/C17H27NO4/c1-10(2)6-9-13-17(4,22-13)14-11(3)7-8-12(15(14)20-5)21-16(18)19/h6,12-15H,3,7-9H2,1-2,4-5H3,(H2,18,19)/t12-,13-,14-,15-,17+/m1/s1. The van der Waals surface area contributed by atoms with E-state index in [1.165, 1.54) is 5.57 Å². The highest BCUT2D eigenvalue weighted by atomic mass is 16.6. The fraction of sp³-hybridized carbons (Fsp3) is 0.706. The van der Waals surface area contributed by atoms with E-state index in [1.807, 2.05) is 0 Å². The number of methoxy groups -OCH3 is 1. The van der Waals surface area contributed by atoms with Gasteiger partial charge in [-0.05, 0) is 40.0 Å². The highest BCUT2D eigenvalue weighted by molar-refractivity contribution is 5.64. The van der Waals surface area contributed by atoms with Crippen molar-refractivity contribution in [2.75, 3.05) is 7.11 Å². The van der Waals surface area contributed by atoms with E-state index in [0.29, 0.717) is 6.42 Å². The Bertz CT molecular complexity index is 483. The zero-order valence-corrected chi connectivity index (χ0v) is 13.9. The van der Waals surface area contributed by atoms with Crippen molar-refractivity contribution in [2.45, 2.75) is 63.9 Å². The molecule has 1 aliphatic carbocycles. The molecule has 1 saturated carbocycles. The Balaban J connectivity index is 2.14. The molecule has 0 aromatic carbocycles. The molecule has 0 radical (unpaired) electrons. The van der Waals surface area contributed by atoms with Crippen LogP contribution in [-0.4, -0.2) is 37.1 Å². The van der Waals surface area contributed by atoms with Crippen LogP contribution in [0.3, 0.4) is 0 Å². The molecular formula is C17H27NO4. The third-order valence-corrected chi connectivity index (χ3v) is 4.76. The number of nitrogens with two attached hydrogens (primary N) is 1. The fourth-order valence-corrected chi connectivity index (χ4v) is 3.56. The normalized spacial score (nSPS) is 37.5. The number of carbonyl (C=O) groups excluding carboxylic acids is 1. The minimum atomic E-state index is -0.763. The van der Waals surface area contributed by atoms with Crippen LogP contribution >= 0.6 is 0 Å². The molecule has 0 unspecified atom stereocenters. The van der Waals surface area contributed by atoms with Gasteiger partial charge in [0.05, 0.1) is 6.10 Å². The maximum absolute atomic E-state index is 11.1. The number of amides is 1. The molecule has 0 spiro atoms. The van der Waals surface area contributed by atoms with Gasteiger partial charge in [-0.1, -0.05) is 23.8 Å². The molecule has 22 heavy (non-hydrogen) atoms. The molecule has 5 heteroatoms. The molecule has 2 N–H and O–H groups in total. The number of rotatable bonds is 5. The van der Waals surface area contributed by atoms with Crippen LogP contribution in [-0.2, 0) is 14.2 Å². The van der Waals surface area contributed by atoms with Crippen molar-refractivity contribution in [3.05, 3.63) is 23.8 Å². The average Bonchev–Trinajstić information content (AvgIpc) is 3.09. The van der Waals surface area contributed by atoms with Crippen molar-refractivity contribution in [1.82, 2.24) is 0 Å². The zero-order valence-electron chi connectivity index (χ0n) is 13.9. The summed E-state index contributed by atoms with van der Waals surface area (Å²) in [5, 5.41) is 0. The first kappa shape index (κ1) is 17.0. The molecule has 124 valence electrons. The van der Waals surface area contributed by atoms with Crippen LogP contribution in [0.4, 0.5) is 4.79 Å². The van der Waals surface area contributed by atoms with Crippen LogP contribution in [0.2, 0.25) is 0 Å². The Morgan fingerprint density at radius 2 is 2.23 bits per heavy atom. The molecule has 0 bridgehead atoms. The molecule has 2 aliphatic rings. The Kier molecular flexibility index (Phi) is 4.97. The summed E-state index contributed by atoms with van der Waals surface area (Å²) in [5.41, 5.74) is 7.23. The van der Waals surface area contributed by atoms with Gasteiger partial charge in [0.15, 0.2) is 0 Å². The van der Waals surface area contributed by atoms with E-state index in [2.05, 4.69) is 33.4 Å². The quantitative estimate of drug-likeness (QED) is 0.626. The Morgan fingerprint density at radius 3 is 2.77 bits per heavy atom. The average molecular weight is 309 g/mol. The van der Waals surface area contributed by atoms with Crippen molar-refractivity contribution in [3.63, 3.8) is 0 Å². The van der Waals surface area contributed by atoms with E-state index >= 15 is 0 Å². The summed E-state index contributed by atoms with van der Waals surface area (Å²) in [4.78, 5) is 11.1. The van der Waals surface area contributed by atoms with E-state index in [0.717, 1.165) is 18.4 Å². The van der Waals surface area contributed by atoms with Gasteiger partial charge in [0.2, 0.25) is 0 Å². The van der Waals surface area contributed by atoms with Gasteiger partial charge in [-0.2, -0.15) is 0 Å². The number of primary amides is 1. The Hall–Kier alpha value is -1.33. The third-order valence-electron chi connectivity index (χ3n) is 4.76. The van der Waals surface area contributed by atoms with E-state index in [4.69, 9.17) is 19.9 Å². The second-order valence-electron chi connectivity index (χ2n) is 6.66. The van der Waals surface area contributed by atoms with Crippen LogP contribution in [0.5, 0.6) is 0 Å². The van der Waals surface area contributed by atoms with Gasteiger partial charge >= 0.3 is 6.09 Å². The molecule has 1 aliphatic heterocycles. The zero-order chi connectivity index (χ0) is 16.5. The van der Waals surface area contributed by atoms with Crippen LogP contribution in [0.25, 0.3) is 0 Å². The summed E-state index contributed by atoms with van der Waals surface area (Å²) in [7, 11) is 1.63. The van der Waals surface area contributed by atoms with Gasteiger partial charge < -0.3 is 19.9 Å². The summed E-state index contributed by atoms with van der Waals surface area (Å²) >= 11 is 0. The lowest BCUT2D eigenvalue weighted by Crippen LogP contribution is -2.49. The second-order valence-corrected chi connectivity index (χ2v) is 6.66. The number of carbonyl (C=O) groups is 1. The molecule has 2 fully saturated rings.